The molecule has 9 rings (SSSR count). The first-order valence-electron chi connectivity index (χ1n) is 14.9. The van der Waals surface area contributed by atoms with Gasteiger partial charge in [-0.05, 0) is 77.1 Å². The molecule has 1 N–H and O–H groups in total. The maximum atomic E-state index is 5.05. The molecule has 3 heterocycles. The van der Waals surface area contributed by atoms with Crippen LogP contribution in [0.25, 0.3) is 44.5 Å². The summed E-state index contributed by atoms with van der Waals surface area (Å²) in [6.07, 6.45) is 12.6. The van der Waals surface area contributed by atoms with Crippen LogP contribution in [0.3, 0.4) is 0 Å². The summed E-state index contributed by atoms with van der Waals surface area (Å²) in [6.45, 7) is 0. The number of aromatic amines is 1. The van der Waals surface area contributed by atoms with Gasteiger partial charge in [0.05, 0.1) is 22.1 Å². The molecular weight excluding hydrogens is 524 g/mol. The van der Waals surface area contributed by atoms with E-state index >= 15 is 0 Å². The van der Waals surface area contributed by atoms with Crippen molar-refractivity contribution in [3.63, 3.8) is 0 Å². The number of allylic oxidation sites excluding steroid dienone is 4. The highest BCUT2D eigenvalue weighted by Crippen LogP contribution is 2.58. The van der Waals surface area contributed by atoms with E-state index in [2.05, 4.69) is 130 Å². The quantitative estimate of drug-likeness (QED) is 0.237. The van der Waals surface area contributed by atoms with E-state index in [-0.39, 0.29) is 0 Å². The molecule has 0 amide bonds. The maximum absolute atomic E-state index is 5.05. The molecule has 4 nitrogen and oxygen atoms in total. The zero-order valence-corrected chi connectivity index (χ0v) is 23.5. The molecule has 4 aromatic carbocycles. The Labute approximate surface area is 249 Å². The van der Waals surface area contributed by atoms with Crippen LogP contribution in [0.1, 0.15) is 35.2 Å². The molecule has 2 aliphatic carbocycles. The van der Waals surface area contributed by atoms with Crippen LogP contribution in [0.15, 0.2) is 146 Å². The van der Waals surface area contributed by atoms with Crippen molar-refractivity contribution < 1.29 is 0 Å². The van der Waals surface area contributed by atoms with Crippen LogP contribution < -0.4 is 0 Å². The second-order valence-electron chi connectivity index (χ2n) is 11.4. The van der Waals surface area contributed by atoms with Crippen LogP contribution in [0.5, 0.6) is 0 Å². The zero-order valence-electron chi connectivity index (χ0n) is 23.5. The van der Waals surface area contributed by atoms with Gasteiger partial charge in [0.2, 0.25) is 0 Å². The van der Waals surface area contributed by atoms with Gasteiger partial charge in [-0.3, -0.25) is 4.98 Å². The molecule has 0 radical (unpaired) electrons. The maximum Gasteiger partial charge on any atom is 0.137 e. The number of hydrogen-bond donors (Lipinski definition) is 1. The lowest BCUT2D eigenvalue weighted by atomic mass is 9.68. The van der Waals surface area contributed by atoms with E-state index in [0.717, 1.165) is 41.1 Å². The number of benzene rings is 4. The molecule has 0 spiro atoms. The fourth-order valence-corrected chi connectivity index (χ4v) is 7.49. The Hall–Kier alpha value is -5.48. The first-order valence-corrected chi connectivity index (χ1v) is 14.9. The van der Waals surface area contributed by atoms with Crippen LogP contribution in [0, 0.1) is 0 Å². The van der Waals surface area contributed by atoms with Crippen LogP contribution in [-0.2, 0) is 5.41 Å². The van der Waals surface area contributed by atoms with Crippen LogP contribution in [-0.4, -0.2) is 19.5 Å². The van der Waals surface area contributed by atoms with Gasteiger partial charge in [-0.1, -0.05) is 84.9 Å². The van der Waals surface area contributed by atoms with E-state index in [9.17, 15) is 0 Å². The van der Waals surface area contributed by atoms with Gasteiger partial charge in [0.15, 0.2) is 0 Å². The van der Waals surface area contributed by atoms with Crippen molar-refractivity contribution in [2.75, 3.05) is 0 Å². The summed E-state index contributed by atoms with van der Waals surface area (Å²) in [6, 6.07) is 39.7. The highest BCUT2D eigenvalue weighted by atomic mass is 15.0. The average Bonchev–Trinajstić information content (AvgIpc) is 3.80. The third-order valence-electron chi connectivity index (χ3n) is 9.21. The number of rotatable bonds is 4. The number of pyridine rings is 1. The monoisotopic (exact) mass is 552 g/mol. The van der Waals surface area contributed by atoms with Gasteiger partial charge in [0.1, 0.15) is 5.82 Å². The summed E-state index contributed by atoms with van der Waals surface area (Å²) < 4.78 is 2.40. The van der Waals surface area contributed by atoms with Crippen LogP contribution in [0.4, 0.5) is 0 Å². The summed E-state index contributed by atoms with van der Waals surface area (Å²) in [5.41, 5.74) is 11.6. The lowest BCUT2D eigenvalue weighted by Gasteiger charge is -2.34. The average molecular weight is 553 g/mol. The van der Waals surface area contributed by atoms with Crippen molar-refractivity contribution >= 4 is 27.4 Å². The number of para-hydroxylation sites is 1. The molecule has 0 saturated carbocycles. The minimum atomic E-state index is -0.502. The SMILES string of the molecule is C1=C2C(=CCC1)[C@](c1cccc(-n3c4ccccc4c4ccc(-c5ncc[nH]5)cc43)c1)(c1ccccn1)c1ccccc12. The van der Waals surface area contributed by atoms with Gasteiger partial charge in [-0.25, -0.2) is 4.98 Å². The van der Waals surface area contributed by atoms with Crippen molar-refractivity contribution in [3.05, 3.63) is 168 Å². The molecule has 4 heteroatoms. The van der Waals surface area contributed by atoms with Crippen molar-refractivity contribution in [2.45, 2.75) is 18.3 Å². The summed E-state index contributed by atoms with van der Waals surface area (Å²) in [5.74, 6) is 0.868. The van der Waals surface area contributed by atoms with Gasteiger partial charge in [-0.15, -0.1) is 0 Å². The Balaban J connectivity index is 1.35. The van der Waals surface area contributed by atoms with Gasteiger partial charge in [-0.2, -0.15) is 0 Å². The number of imidazole rings is 1. The van der Waals surface area contributed by atoms with Crippen molar-refractivity contribution in [1.82, 2.24) is 19.5 Å². The van der Waals surface area contributed by atoms with Crippen molar-refractivity contribution in [1.29, 1.82) is 0 Å². The molecule has 0 fully saturated rings. The lowest BCUT2D eigenvalue weighted by Crippen LogP contribution is -2.30. The van der Waals surface area contributed by atoms with E-state index < -0.39 is 5.41 Å². The number of aromatic nitrogens is 4. The van der Waals surface area contributed by atoms with Gasteiger partial charge in [0.25, 0.3) is 0 Å². The van der Waals surface area contributed by atoms with Gasteiger partial charge in [0, 0.05) is 40.6 Å². The fourth-order valence-electron chi connectivity index (χ4n) is 7.49. The van der Waals surface area contributed by atoms with Gasteiger partial charge < -0.3 is 9.55 Å². The fraction of sp³-hybridized carbons (Fsp3) is 0.0769. The Bertz CT molecular complexity index is 2230. The Morgan fingerprint density at radius 3 is 2.44 bits per heavy atom. The molecule has 0 aliphatic heterocycles. The molecule has 43 heavy (non-hydrogen) atoms. The summed E-state index contributed by atoms with van der Waals surface area (Å²) in [7, 11) is 0. The van der Waals surface area contributed by atoms with E-state index in [1.54, 1.807) is 6.20 Å². The number of hydrogen-bond acceptors (Lipinski definition) is 2. The van der Waals surface area contributed by atoms with E-state index in [1.807, 2.05) is 18.5 Å². The third-order valence-corrected chi connectivity index (χ3v) is 9.21. The summed E-state index contributed by atoms with van der Waals surface area (Å²) >= 11 is 0. The topological polar surface area (TPSA) is 46.5 Å². The molecule has 3 aromatic heterocycles. The molecule has 204 valence electrons. The lowest BCUT2D eigenvalue weighted by molar-refractivity contribution is 0.726. The molecule has 2 aliphatic rings. The first-order chi connectivity index (χ1) is 21.3. The Kier molecular flexibility index (Phi) is 5.20. The van der Waals surface area contributed by atoms with Crippen LogP contribution >= 0.6 is 0 Å². The minimum absolute atomic E-state index is 0.502. The first kappa shape index (κ1) is 24.2. The molecule has 0 unspecified atom stereocenters. The second kappa shape index (κ2) is 9.27. The summed E-state index contributed by atoms with van der Waals surface area (Å²) in [4.78, 5) is 12.9. The van der Waals surface area contributed by atoms with Gasteiger partial charge >= 0.3 is 0 Å². The molecular formula is C39H28N4. The number of nitrogens with one attached hydrogen (secondary N) is 1. The molecule has 0 bridgehead atoms. The Morgan fingerprint density at radius 2 is 1.53 bits per heavy atom. The predicted octanol–water partition coefficient (Wildman–Crippen LogP) is 9.02. The number of H-pyrrole nitrogens is 1. The molecule has 7 aromatic rings. The molecule has 0 saturated heterocycles. The Morgan fingerprint density at radius 1 is 0.674 bits per heavy atom. The van der Waals surface area contributed by atoms with Crippen molar-refractivity contribution in [2.24, 2.45) is 0 Å². The normalized spacial score (nSPS) is 17.5. The smallest absolute Gasteiger partial charge is 0.137 e. The summed E-state index contributed by atoms with van der Waals surface area (Å²) in [5, 5.41) is 2.46. The van der Waals surface area contributed by atoms with Crippen LogP contribution in [0.2, 0.25) is 0 Å². The number of nitrogens with zero attached hydrogens (tertiary/aromatic N) is 3. The standard InChI is InChI=1S/C39H28N4/c1-4-15-33-29(12-1)30-13-2-5-16-34(30)39(33,37-18-7-8-21-40-37)27-10-9-11-28(25-27)43-35-17-6-3-14-31(35)32-20-19-26(24-36(32)43)38-41-22-23-42-38/h1,3-4,6-25H,2,5H2,(H,41,42)/t39-/m1/s1. The van der Waals surface area contributed by atoms with E-state index in [0.29, 0.717) is 0 Å². The largest absolute Gasteiger partial charge is 0.345 e. The zero-order chi connectivity index (χ0) is 28.4. The van der Waals surface area contributed by atoms with Crippen molar-refractivity contribution in [3.8, 4) is 17.1 Å². The highest BCUT2D eigenvalue weighted by Gasteiger charge is 2.49. The highest BCUT2D eigenvalue weighted by molar-refractivity contribution is 6.10. The predicted molar refractivity (Wildman–Crippen MR) is 174 cm³/mol. The minimum Gasteiger partial charge on any atom is -0.345 e. The van der Waals surface area contributed by atoms with E-state index in [4.69, 9.17) is 4.98 Å². The number of fused-ring (bicyclic) bond motifs is 6. The third kappa shape index (κ3) is 3.38. The second-order valence-corrected chi connectivity index (χ2v) is 11.4. The molecule has 1 atom stereocenters. The van der Waals surface area contributed by atoms with E-state index in [1.165, 1.54) is 44.1 Å².